The van der Waals surface area contributed by atoms with Gasteiger partial charge in [-0.1, -0.05) is 39.0 Å². The number of aromatic nitrogens is 2. The van der Waals surface area contributed by atoms with Crippen molar-refractivity contribution in [2.75, 3.05) is 13.1 Å². The Hall–Kier alpha value is -6.17. The number of nitrogens with zero attached hydrogens (tertiary/aromatic N) is 4. The molecule has 1 aliphatic carbocycles. The number of piperidine rings is 1. The second-order valence-corrected chi connectivity index (χ2v) is 20.0. The van der Waals surface area contributed by atoms with Crippen LogP contribution in [-0.4, -0.2) is 76.5 Å². The third-order valence-electron chi connectivity index (χ3n) is 14.4. The normalized spacial score (nSPS) is 19.9. The van der Waals surface area contributed by atoms with E-state index in [2.05, 4.69) is 16.3 Å². The van der Waals surface area contributed by atoms with Gasteiger partial charge in [-0.2, -0.15) is 0 Å². The average molecular weight is 952 g/mol. The Morgan fingerprint density at radius 2 is 1.76 bits per heavy atom. The number of aromatic hydroxyl groups is 1. The van der Waals surface area contributed by atoms with Gasteiger partial charge in [0.25, 0.3) is 11.5 Å². The highest BCUT2D eigenvalue weighted by atomic mass is 31.2. The number of phosphoric ester groups is 1. The summed E-state index contributed by atoms with van der Waals surface area (Å²) in [6.45, 7) is 9.40. The van der Waals surface area contributed by atoms with Crippen molar-refractivity contribution in [3.63, 3.8) is 0 Å². The van der Waals surface area contributed by atoms with E-state index in [1.54, 1.807) is 38.7 Å². The summed E-state index contributed by atoms with van der Waals surface area (Å²) in [6.07, 6.45) is 1.19. The monoisotopic (exact) mass is 951 g/mol. The average Bonchev–Trinajstić information content (AvgIpc) is 3.89. The van der Waals surface area contributed by atoms with Crippen molar-refractivity contribution in [3.05, 3.63) is 120 Å². The highest BCUT2D eigenvalue weighted by Crippen LogP contribution is 2.47. The number of phenols is 1. The topological polar surface area (TPSA) is 230 Å². The molecule has 5 N–H and O–H groups in total. The van der Waals surface area contributed by atoms with Gasteiger partial charge in [0.05, 0.1) is 40.6 Å². The van der Waals surface area contributed by atoms with Gasteiger partial charge in [0.15, 0.2) is 5.60 Å². The minimum absolute atomic E-state index is 0.0106. The molecule has 2 amide bonds. The maximum absolute atomic E-state index is 15.4. The Morgan fingerprint density at radius 1 is 1.01 bits per heavy atom. The van der Waals surface area contributed by atoms with Crippen LogP contribution in [-0.2, 0) is 63.6 Å². The summed E-state index contributed by atoms with van der Waals surface area (Å²) in [5.74, 6) is -2.55. The van der Waals surface area contributed by atoms with Crippen LogP contribution >= 0.6 is 7.82 Å². The van der Waals surface area contributed by atoms with Gasteiger partial charge in [0.1, 0.15) is 30.0 Å². The number of pyridine rings is 2. The molecule has 0 bridgehead atoms. The molecule has 19 heteroatoms. The van der Waals surface area contributed by atoms with Crippen LogP contribution in [0.25, 0.3) is 22.3 Å². The lowest BCUT2D eigenvalue weighted by molar-refractivity contribution is -0.172. The molecule has 2 aromatic heterocycles. The van der Waals surface area contributed by atoms with E-state index in [0.29, 0.717) is 92.0 Å². The summed E-state index contributed by atoms with van der Waals surface area (Å²) in [5.41, 5.74) is 5.25. The SMILES string of the molecule is CC[C@@]1(O)C(=O)OCc2c1cc1n(c2=O)Cc2c-1nc1cc(F)c(C)c3c1c2[C@@H](NC(=O)OC1CCN(Cc2ccc4c(c2)CN(C(=O)c2cc(C(C)C)c(OP(=O)(O)O)cc2O)C4)CC1)CC3. The minimum Gasteiger partial charge on any atom is -0.507 e. The fourth-order valence-corrected chi connectivity index (χ4v) is 11.2. The highest BCUT2D eigenvalue weighted by Gasteiger charge is 2.46. The number of phenolic OH excluding ortho intramolecular Hbond substituents is 1. The van der Waals surface area contributed by atoms with E-state index in [9.17, 15) is 43.7 Å². The molecule has 5 aliphatic rings. The van der Waals surface area contributed by atoms with Gasteiger partial charge < -0.3 is 39.0 Å². The molecule has 4 aliphatic heterocycles. The van der Waals surface area contributed by atoms with Crippen molar-refractivity contribution in [2.45, 2.75) is 116 Å². The number of aliphatic hydroxyl groups is 1. The van der Waals surface area contributed by atoms with Crippen LogP contribution in [0.3, 0.4) is 0 Å². The zero-order valence-corrected chi connectivity index (χ0v) is 38.8. The number of hydrogen-bond acceptors (Lipinski definition) is 12. The van der Waals surface area contributed by atoms with Crippen LogP contribution < -0.4 is 15.4 Å². The number of phosphoric acid groups is 1. The first-order chi connectivity index (χ1) is 32.3. The lowest BCUT2D eigenvalue weighted by Gasteiger charge is -2.33. The largest absolute Gasteiger partial charge is 0.524 e. The zero-order valence-electron chi connectivity index (χ0n) is 37.9. The van der Waals surface area contributed by atoms with Crippen LogP contribution in [0.2, 0.25) is 0 Å². The maximum Gasteiger partial charge on any atom is 0.524 e. The molecule has 0 radical (unpaired) electrons. The second kappa shape index (κ2) is 16.8. The molecule has 68 heavy (non-hydrogen) atoms. The third-order valence-corrected chi connectivity index (χ3v) is 14.8. The minimum atomic E-state index is -4.90. The number of hydrogen-bond donors (Lipinski definition) is 5. The lowest BCUT2D eigenvalue weighted by Crippen LogP contribution is -2.44. The Labute approximate surface area is 389 Å². The molecule has 0 unspecified atom stereocenters. The first kappa shape index (κ1) is 45.6. The van der Waals surface area contributed by atoms with Crippen molar-refractivity contribution < 1.29 is 57.3 Å². The quantitative estimate of drug-likeness (QED) is 0.0785. The van der Waals surface area contributed by atoms with Gasteiger partial charge in [0.2, 0.25) is 0 Å². The fourth-order valence-electron chi connectivity index (χ4n) is 10.7. The van der Waals surface area contributed by atoms with E-state index in [1.807, 2.05) is 12.1 Å². The standard InChI is InChI=1S/C49H51FN5O12P/c1-5-49(61)35-16-39-44-33(22-55(39)46(58)34(35)23-65-47(49)59)43-37(9-8-30-25(4)36(50)17-38(51-44)42(30)43)52-48(60)66-29-10-12-53(13-11-29)19-26-6-7-27-20-54(21-28(27)14-26)45(57)32-15-31(24(2)3)41(18-40(32)56)67-68(62,63)64/h6-7,14-18,24,29,37,56,61H,5,8-13,19-23H2,1-4H3,(H,52,60)(H2,62,63,64)/t37-,49-/m0/s1. The second-order valence-electron chi connectivity index (χ2n) is 18.8. The summed E-state index contributed by atoms with van der Waals surface area (Å²) in [4.78, 5) is 81.7. The Kier molecular flexibility index (Phi) is 11.3. The van der Waals surface area contributed by atoms with E-state index in [0.717, 1.165) is 39.3 Å². The van der Waals surface area contributed by atoms with Crippen molar-refractivity contribution >= 4 is 36.7 Å². The van der Waals surface area contributed by atoms with Gasteiger partial charge in [0, 0.05) is 61.4 Å². The van der Waals surface area contributed by atoms with E-state index in [4.69, 9.17) is 19.0 Å². The third kappa shape index (κ3) is 7.81. The molecular formula is C49H51FN5O12P. The summed E-state index contributed by atoms with van der Waals surface area (Å²) < 4.78 is 44.6. The van der Waals surface area contributed by atoms with Crippen molar-refractivity contribution in [1.82, 2.24) is 24.7 Å². The van der Waals surface area contributed by atoms with Gasteiger partial charge >= 0.3 is 19.9 Å². The molecule has 6 heterocycles. The fraction of sp³-hybridized carbons (Fsp3) is 0.408. The molecule has 3 aromatic carbocycles. The van der Waals surface area contributed by atoms with Crippen molar-refractivity contribution in [2.24, 2.45) is 0 Å². The number of cyclic esters (lactones) is 1. The summed E-state index contributed by atoms with van der Waals surface area (Å²) in [7, 11) is -4.90. The van der Waals surface area contributed by atoms with Crippen molar-refractivity contribution in [3.8, 4) is 22.9 Å². The highest BCUT2D eigenvalue weighted by molar-refractivity contribution is 7.46. The van der Waals surface area contributed by atoms with E-state index < -0.39 is 54.6 Å². The number of aryl methyl sites for hydroxylation is 1. The number of carbonyl (C=O) groups is 3. The number of likely N-dealkylation sites (tertiary alicyclic amines) is 1. The Bertz CT molecular complexity index is 3110. The lowest BCUT2D eigenvalue weighted by atomic mass is 9.81. The maximum atomic E-state index is 15.4. The molecule has 0 saturated carbocycles. The van der Waals surface area contributed by atoms with E-state index >= 15 is 4.39 Å². The Morgan fingerprint density at radius 3 is 2.49 bits per heavy atom. The molecule has 5 aromatic rings. The molecule has 356 valence electrons. The smallest absolute Gasteiger partial charge is 0.507 e. The summed E-state index contributed by atoms with van der Waals surface area (Å²) in [5, 5.41) is 26.0. The summed E-state index contributed by atoms with van der Waals surface area (Å²) in [6, 6.07) is 11.0. The predicted octanol–water partition coefficient (Wildman–Crippen LogP) is 6.36. The molecule has 1 saturated heterocycles. The van der Waals surface area contributed by atoms with Crippen LogP contribution in [0.1, 0.15) is 124 Å². The molecule has 2 atom stereocenters. The number of fused-ring (bicyclic) bond motifs is 6. The van der Waals surface area contributed by atoms with Crippen LogP contribution in [0.15, 0.2) is 47.3 Å². The van der Waals surface area contributed by atoms with E-state index in [-0.39, 0.29) is 54.0 Å². The number of benzene rings is 3. The Balaban J connectivity index is 0.804. The summed E-state index contributed by atoms with van der Waals surface area (Å²) >= 11 is 0. The number of alkyl carbamates (subject to hydrolysis) is 1. The number of amides is 2. The first-order valence-corrected chi connectivity index (χ1v) is 24.4. The number of halogens is 1. The molecular weight excluding hydrogens is 901 g/mol. The molecule has 1 fully saturated rings. The first-order valence-electron chi connectivity index (χ1n) is 22.8. The number of nitrogens with one attached hydrogen (secondary N) is 1. The van der Waals surface area contributed by atoms with Gasteiger partial charge in [-0.25, -0.2) is 23.5 Å². The van der Waals surface area contributed by atoms with Crippen LogP contribution in [0.5, 0.6) is 11.5 Å². The van der Waals surface area contributed by atoms with Crippen molar-refractivity contribution in [1.29, 1.82) is 0 Å². The van der Waals surface area contributed by atoms with Crippen LogP contribution in [0.4, 0.5) is 9.18 Å². The van der Waals surface area contributed by atoms with Gasteiger partial charge in [-0.3, -0.25) is 24.3 Å². The molecule has 17 nitrogen and oxygen atoms in total. The van der Waals surface area contributed by atoms with E-state index in [1.165, 1.54) is 16.7 Å². The number of rotatable bonds is 9. The van der Waals surface area contributed by atoms with Crippen LogP contribution in [0, 0.1) is 12.7 Å². The number of esters is 1. The number of ether oxygens (including phenoxy) is 2. The molecule has 10 rings (SSSR count). The zero-order chi connectivity index (χ0) is 48.1. The van der Waals surface area contributed by atoms with Gasteiger partial charge in [-0.15, -0.1) is 0 Å². The van der Waals surface area contributed by atoms with Gasteiger partial charge in [-0.05, 0) is 96.0 Å². The molecule has 0 spiro atoms. The predicted molar refractivity (Wildman–Crippen MR) is 243 cm³/mol. The number of carbonyl (C=O) groups excluding carboxylic acids is 3.